The van der Waals surface area contributed by atoms with Crippen molar-refractivity contribution in [2.75, 3.05) is 6.54 Å². The van der Waals surface area contributed by atoms with Crippen LogP contribution in [0.15, 0.2) is 89.7 Å². The molecule has 2 aromatic carbocycles. The molecule has 4 heteroatoms. The van der Waals surface area contributed by atoms with Crippen LogP contribution in [-0.2, 0) is 13.0 Å². The fraction of sp³-hybridized carbons (Fsp3) is 0.130. The van der Waals surface area contributed by atoms with E-state index >= 15 is 0 Å². The Kier molecular flexibility index (Phi) is 4.97. The van der Waals surface area contributed by atoms with Crippen LogP contribution in [0.4, 0.5) is 0 Å². The summed E-state index contributed by atoms with van der Waals surface area (Å²) in [6.07, 6.45) is 4.19. The Hall–Kier alpha value is -3.40. The van der Waals surface area contributed by atoms with E-state index in [1.807, 2.05) is 65.6 Å². The maximum absolute atomic E-state index is 13.2. The summed E-state index contributed by atoms with van der Waals surface area (Å²) in [5.74, 6) is 0.770. The van der Waals surface area contributed by atoms with Gasteiger partial charge in [-0.25, -0.2) is 0 Å². The minimum absolute atomic E-state index is 0.00640. The van der Waals surface area contributed by atoms with Crippen LogP contribution in [0.5, 0.6) is 0 Å². The summed E-state index contributed by atoms with van der Waals surface area (Å²) in [5, 5.41) is 0.962. The van der Waals surface area contributed by atoms with E-state index in [0.717, 1.165) is 23.1 Å². The fourth-order valence-corrected chi connectivity index (χ4v) is 3.14. The van der Waals surface area contributed by atoms with Crippen molar-refractivity contribution >= 4 is 16.8 Å². The lowest BCUT2D eigenvalue weighted by Gasteiger charge is -2.22. The fourth-order valence-electron chi connectivity index (χ4n) is 3.14. The summed E-state index contributed by atoms with van der Waals surface area (Å²) < 4.78 is 5.47. The van der Waals surface area contributed by atoms with E-state index in [-0.39, 0.29) is 5.91 Å². The van der Waals surface area contributed by atoms with Crippen LogP contribution in [0, 0.1) is 0 Å². The van der Waals surface area contributed by atoms with Crippen LogP contribution in [0.1, 0.15) is 21.7 Å². The molecular weight excluding hydrogens is 336 g/mol. The molecule has 4 nitrogen and oxygen atoms in total. The summed E-state index contributed by atoms with van der Waals surface area (Å²) in [6.45, 7) is 1.07. The first-order chi connectivity index (χ1) is 13.3. The number of hydrogen-bond donors (Lipinski definition) is 0. The van der Waals surface area contributed by atoms with E-state index < -0.39 is 0 Å². The minimum Gasteiger partial charge on any atom is -0.467 e. The number of nitrogens with zero attached hydrogens (tertiary/aromatic N) is 2. The van der Waals surface area contributed by atoms with Crippen LogP contribution >= 0.6 is 0 Å². The Morgan fingerprint density at radius 1 is 0.963 bits per heavy atom. The predicted molar refractivity (Wildman–Crippen MR) is 105 cm³/mol. The quantitative estimate of drug-likeness (QED) is 0.502. The Bertz CT molecular complexity index is 1030. The Morgan fingerprint density at radius 2 is 1.85 bits per heavy atom. The second-order valence-corrected chi connectivity index (χ2v) is 6.45. The van der Waals surface area contributed by atoms with Gasteiger partial charge in [-0.3, -0.25) is 9.78 Å². The Morgan fingerprint density at radius 3 is 2.67 bits per heavy atom. The van der Waals surface area contributed by atoms with E-state index in [1.54, 1.807) is 12.5 Å². The number of carbonyl (C=O) groups excluding carboxylic acids is 1. The van der Waals surface area contributed by atoms with Crippen molar-refractivity contribution in [2.24, 2.45) is 0 Å². The van der Waals surface area contributed by atoms with Crippen molar-refractivity contribution in [1.82, 2.24) is 9.88 Å². The smallest absolute Gasteiger partial charge is 0.254 e. The first kappa shape index (κ1) is 17.0. The molecule has 0 saturated carbocycles. The topological polar surface area (TPSA) is 46.3 Å². The predicted octanol–water partition coefficient (Wildman–Crippen LogP) is 4.71. The van der Waals surface area contributed by atoms with Gasteiger partial charge in [0.1, 0.15) is 5.76 Å². The van der Waals surface area contributed by atoms with E-state index in [2.05, 4.69) is 17.1 Å². The maximum atomic E-state index is 13.2. The molecule has 0 atom stereocenters. The monoisotopic (exact) mass is 356 g/mol. The molecule has 2 aromatic heterocycles. The normalized spacial score (nSPS) is 10.8. The molecule has 0 saturated heterocycles. The Balaban J connectivity index is 1.58. The number of aromatic nitrogens is 1. The molecule has 27 heavy (non-hydrogen) atoms. The molecule has 0 aliphatic carbocycles. The molecule has 0 aliphatic heterocycles. The average molecular weight is 356 g/mol. The van der Waals surface area contributed by atoms with E-state index in [9.17, 15) is 4.79 Å². The average Bonchev–Trinajstić information content (AvgIpc) is 3.24. The van der Waals surface area contributed by atoms with Gasteiger partial charge in [-0.05, 0) is 48.4 Å². The van der Waals surface area contributed by atoms with Crippen molar-refractivity contribution in [3.05, 3.63) is 102 Å². The molecule has 0 fully saturated rings. The number of fused-ring (bicyclic) bond motifs is 1. The van der Waals surface area contributed by atoms with Gasteiger partial charge in [-0.2, -0.15) is 0 Å². The van der Waals surface area contributed by atoms with Gasteiger partial charge in [-0.15, -0.1) is 0 Å². The standard InChI is InChI=1S/C23H20N2O2/c26-23(20-10-11-22-19(16-20)8-4-13-24-22)25(17-21-9-5-15-27-21)14-12-18-6-2-1-3-7-18/h1-11,13,15-16H,12,14,17H2. The molecule has 4 aromatic rings. The molecule has 134 valence electrons. The third-order valence-electron chi connectivity index (χ3n) is 4.58. The highest BCUT2D eigenvalue weighted by atomic mass is 16.3. The maximum Gasteiger partial charge on any atom is 0.254 e. The zero-order chi connectivity index (χ0) is 18.5. The first-order valence-electron chi connectivity index (χ1n) is 9.00. The molecule has 0 spiro atoms. The third kappa shape index (κ3) is 4.06. The minimum atomic E-state index is -0.00640. The lowest BCUT2D eigenvalue weighted by molar-refractivity contribution is 0.0733. The van der Waals surface area contributed by atoms with Crippen LogP contribution in [0.2, 0.25) is 0 Å². The number of hydrogen-bond acceptors (Lipinski definition) is 3. The largest absolute Gasteiger partial charge is 0.467 e. The van der Waals surface area contributed by atoms with Crippen LogP contribution in [0.25, 0.3) is 10.9 Å². The number of carbonyl (C=O) groups is 1. The molecule has 0 bridgehead atoms. The number of benzene rings is 2. The molecule has 4 rings (SSSR count). The highest BCUT2D eigenvalue weighted by Gasteiger charge is 2.18. The summed E-state index contributed by atoms with van der Waals surface area (Å²) in [6, 6.07) is 23.4. The van der Waals surface area contributed by atoms with Gasteiger partial charge in [0.25, 0.3) is 5.91 Å². The molecule has 0 aliphatic rings. The third-order valence-corrected chi connectivity index (χ3v) is 4.58. The van der Waals surface area contributed by atoms with Crippen molar-refractivity contribution in [1.29, 1.82) is 0 Å². The van der Waals surface area contributed by atoms with Gasteiger partial charge in [-0.1, -0.05) is 36.4 Å². The van der Waals surface area contributed by atoms with Gasteiger partial charge >= 0.3 is 0 Å². The van der Waals surface area contributed by atoms with Crippen LogP contribution < -0.4 is 0 Å². The lowest BCUT2D eigenvalue weighted by atomic mass is 10.1. The molecule has 0 unspecified atom stereocenters. The van der Waals surface area contributed by atoms with Crippen molar-refractivity contribution in [3.8, 4) is 0 Å². The first-order valence-corrected chi connectivity index (χ1v) is 9.00. The van der Waals surface area contributed by atoms with E-state index in [1.165, 1.54) is 5.56 Å². The van der Waals surface area contributed by atoms with Crippen LogP contribution in [0.3, 0.4) is 0 Å². The number of furan rings is 1. The van der Waals surface area contributed by atoms with E-state index in [4.69, 9.17) is 4.42 Å². The van der Waals surface area contributed by atoms with E-state index in [0.29, 0.717) is 18.7 Å². The zero-order valence-electron chi connectivity index (χ0n) is 14.9. The van der Waals surface area contributed by atoms with Crippen molar-refractivity contribution in [3.63, 3.8) is 0 Å². The molecule has 1 amide bonds. The SMILES string of the molecule is O=C(c1ccc2ncccc2c1)N(CCc1ccccc1)Cc1ccco1. The molecular formula is C23H20N2O2. The van der Waals surface area contributed by atoms with Gasteiger partial charge in [0.2, 0.25) is 0 Å². The molecule has 2 heterocycles. The Labute approximate surface area is 158 Å². The second-order valence-electron chi connectivity index (χ2n) is 6.45. The van der Waals surface area contributed by atoms with Gasteiger partial charge < -0.3 is 9.32 Å². The number of pyridine rings is 1. The van der Waals surface area contributed by atoms with Gasteiger partial charge in [0.15, 0.2) is 0 Å². The highest BCUT2D eigenvalue weighted by molar-refractivity contribution is 5.97. The summed E-state index contributed by atoms with van der Waals surface area (Å²) in [5.41, 5.74) is 2.75. The van der Waals surface area contributed by atoms with Gasteiger partial charge in [0, 0.05) is 23.7 Å². The summed E-state index contributed by atoms with van der Waals surface area (Å²) in [4.78, 5) is 19.4. The van der Waals surface area contributed by atoms with Crippen molar-refractivity contribution in [2.45, 2.75) is 13.0 Å². The lowest BCUT2D eigenvalue weighted by Crippen LogP contribution is -2.32. The summed E-state index contributed by atoms with van der Waals surface area (Å²) in [7, 11) is 0. The molecule has 0 N–H and O–H groups in total. The number of amides is 1. The van der Waals surface area contributed by atoms with Crippen molar-refractivity contribution < 1.29 is 9.21 Å². The number of rotatable bonds is 6. The van der Waals surface area contributed by atoms with Gasteiger partial charge in [0.05, 0.1) is 18.3 Å². The molecule has 0 radical (unpaired) electrons. The zero-order valence-corrected chi connectivity index (χ0v) is 14.9. The van der Waals surface area contributed by atoms with Crippen LogP contribution in [-0.4, -0.2) is 22.3 Å². The summed E-state index contributed by atoms with van der Waals surface area (Å²) >= 11 is 0. The second kappa shape index (κ2) is 7.87. The highest BCUT2D eigenvalue weighted by Crippen LogP contribution is 2.17.